The molecule has 0 aliphatic carbocycles. The molecule has 0 atom stereocenters. The van der Waals surface area contributed by atoms with Crippen LogP contribution in [0.1, 0.15) is 11.1 Å². The fourth-order valence-electron chi connectivity index (χ4n) is 3.11. The summed E-state index contributed by atoms with van der Waals surface area (Å²) in [5.41, 5.74) is 2.67. The monoisotopic (exact) mass is 429 g/mol. The first-order valence-corrected chi connectivity index (χ1v) is 9.87. The molecule has 7 heteroatoms. The minimum absolute atomic E-state index is 0.255. The SMILES string of the molecule is COc1cc(CNc2ccc3c(c2)OCCO3)cc(Cl)c1OCc1ccc(F)cc1. The fourth-order valence-corrected chi connectivity index (χ4v) is 3.40. The summed E-state index contributed by atoms with van der Waals surface area (Å²) in [6.45, 7) is 1.90. The van der Waals surface area contributed by atoms with E-state index in [9.17, 15) is 4.39 Å². The fraction of sp³-hybridized carbons (Fsp3) is 0.217. The highest BCUT2D eigenvalue weighted by atomic mass is 35.5. The smallest absolute Gasteiger partial charge is 0.180 e. The number of hydrogen-bond donors (Lipinski definition) is 1. The number of nitrogens with one attached hydrogen (secondary N) is 1. The molecule has 0 spiro atoms. The van der Waals surface area contributed by atoms with Crippen LogP contribution in [0, 0.1) is 5.82 Å². The molecule has 5 nitrogen and oxygen atoms in total. The molecule has 0 bridgehead atoms. The minimum Gasteiger partial charge on any atom is -0.493 e. The van der Waals surface area contributed by atoms with Crippen LogP contribution in [0.15, 0.2) is 54.6 Å². The molecule has 1 aliphatic heterocycles. The van der Waals surface area contributed by atoms with Crippen molar-refractivity contribution in [1.29, 1.82) is 0 Å². The Morgan fingerprint density at radius 2 is 1.73 bits per heavy atom. The second-order valence-electron chi connectivity index (χ2n) is 6.74. The van der Waals surface area contributed by atoms with Gasteiger partial charge < -0.3 is 24.3 Å². The van der Waals surface area contributed by atoms with Gasteiger partial charge in [-0.2, -0.15) is 0 Å². The molecule has 1 heterocycles. The van der Waals surface area contributed by atoms with Gasteiger partial charge in [0, 0.05) is 18.3 Å². The average molecular weight is 430 g/mol. The quantitative estimate of drug-likeness (QED) is 0.541. The Morgan fingerprint density at radius 1 is 0.967 bits per heavy atom. The van der Waals surface area contributed by atoms with E-state index in [2.05, 4.69) is 5.32 Å². The highest BCUT2D eigenvalue weighted by molar-refractivity contribution is 6.32. The van der Waals surface area contributed by atoms with E-state index in [0.717, 1.165) is 28.3 Å². The van der Waals surface area contributed by atoms with Gasteiger partial charge in [-0.05, 0) is 47.5 Å². The first-order valence-electron chi connectivity index (χ1n) is 9.49. The Bertz CT molecular complexity index is 1030. The van der Waals surface area contributed by atoms with E-state index in [-0.39, 0.29) is 12.4 Å². The van der Waals surface area contributed by atoms with Crippen molar-refractivity contribution in [3.05, 3.63) is 76.6 Å². The number of ether oxygens (including phenoxy) is 4. The standard InChI is InChI=1S/C23H21ClFNO4/c1-27-22-11-16(13-26-18-6-7-20-21(12-18)29-9-8-28-20)10-19(24)23(22)30-14-15-2-4-17(25)5-3-15/h2-7,10-12,26H,8-9,13-14H2,1H3. The van der Waals surface area contributed by atoms with E-state index in [4.69, 9.17) is 30.5 Å². The third-order valence-electron chi connectivity index (χ3n) is 4.62. The largest absolute Gasteiger partial charge is 0.493 e. The van der Waals surface area contributed by atoms with Crippen molar-refractivity contribution in [3.8, 4) is 23.0 Å². The molecule has 3 aromatic rings. The summed E-state index contributed by atoms with van der Waals surface area (Å²) in [4.78, 5) is 0. The van der Waals surface area contributed by atoms with Gasteiger partial charge in [0.05, 0.1) is 12.1 Å². The summed E-state index contributed by atoms with van der Waals surface area (Å²) < 4.78 is 35.5. The van der Waals surface area contributed by atoms with Gasteiger partial charge in [-0.1, -0.05) is 23.7 Å². The maximum absolute atomic E-state index is 13.1. The molecule has 3 aromatic carbocycles. The molecule has 1 N–H and O–H groups in total. The zero-order valence-electron chi connectivity index (χ0n) is 16.4. The Morgan fingerprint density at radius 3 is 2.50 bits per heavy atom. The van der Waals surface area contributed by atoms with Crippen LogP contribution in [0.3, 0.4) is 0 Å². The molecule has 30 heavy (non-hydrogen) atoms. The second kappa shape index (κ2) is 9.13. The van der Waals surface area contributed by atoms with Crippen molar-refractivity contribution in [1.82, 2.24) is 0 Å². The van der Waals surface area contributed by atoms with Crippen molar-refractivity contribution < 1.29 is 23.3 Å². The van der Waals surface area contributed by atoms with Crippen LogP contribution in [0.5, 0.6) is 23.0 Å². The van der Waals surface area contributed by atoms with E-state index in [1.165, 1.54) is 12.1 Å². The number of methoxy groups -OCH3 is 1. The zero-order valence-corrected chi connectivity index (χ0v) is 17.2. The third-order valence-corrected chi connectivity index (χ3v) is 4.91. The molecular formula is C23H21ClFNO4. The summed E-state index contributed by atoms with van der Waals surface area (Å²) in [6, 6.07) is 15.6. The van der Waals surface area contributed by atoms with Gasteiger partial charge in [0.15, 0.2) is 23.0 Å². The van der Waals surface area contributed by atoms with E-state index in [0.29, 0.717) is 36.3 Å². The highest BCUT2D eigenvalue weighted by Gasteiger charge is 2.14. The zero-order chi connectivity index (χ0) is 20.9. The number of fused-ring (bicyclic) bond motifs is 1. The van der Waals surface area contributed by atoms with Gasteiger partial charge in [0.25, 0.3) is 0 Å². The first-order chi connectivity index (χ1) is 14.6. The number of anilines is 1. The summed E-state index contributed by atoms with van der Waals surface area (Å²) in [5, 5.41) is 3.79. The summed E-state index contributed by atoms with van der Waals surface area (Å²) in [6.07, 6.45) is 0. The lowest BCUT2D eigenvalue weighted by Crippen LogP contribution is -2.15. The predicted octanol–water partition coefficient (Wildman–Crippen LogP) is 5.45. The van der Waals surface area contributed by atoms with Crippen molar-refractivity contribution >= 4 is 17.3 Å². The molecule has 0 amide bonds. The topological polar surface area (TPSA) is 49.0 Å². The van der Waals surface area contributed by atoms with Crippen LogP contribution in [0.4, 0.5) is 10.1 Å². The maximum atomic E-state index is 13.1. The molecular weight excluding hydrogens is 409 g/mol. The van der Waals surface area contributed by atoms with Crippen LogP contribution in [-0.2, 0) is 13.2 Å². The van der Waals surface area contributed by atoms with Crippen LogP contribution in [-0.4, -0.2) is 20.3 Å². The Labute approximate surface area is 179 Å². The first kappa shape index (κ1) is 20.2. The summed E-state index contributed by atoms with van der Waals surface area (Å²) >= 11 is 6.45. The van der Waals surface area contributed by atoms with Crippen LogP contribution in [0.2, 0.25) is 5.02 Å². The van der Waals surface area contributed by atoms with Crippen LogP contribution in [0.25, 0.3) is 0 Å². The van der Waals surface area contributed by atoms with Gasteiger partial charge in [0.1, 0.15) is 25.6 Å². The Hall–Kier alpha value is -3.12. The van der Waals surface area contributed by atoms with Gasteiger partial charge in [-0.3, -0.25) is 0 Å². The van der Waals surface area contributed by atoms with Crippen LogP contribution >= 0.6 is 11.6 Å². The summed E-state index contributed by atoms with van der Waals surface area (Å²) in [5.74, 6) is 2.17. The third kappa shape index (κ3) is 4.71. The van der Waals surface area contributed by atoms with E-state index in [1.807, 2.05) is 30.3 Å². The van der Waals surface area contributed by atoms with Gasteiger partial charge in [0.2, 0.25) is 0 Å². The van der Waals surface area contributed by atoms with E-state index >= 15 is 0 Å². The van der Waals surface area contributed by atoms with E-state index < -0.39 is 0 Å². The van der Waals surface area contributed by atoms with Gasteiger partial charge in [-0.25, -0.2) is 4.39 Å². The lowest BCUT2D eigenvalue weighted by atomic mass is 10.2. The Balaban J connectivity index is 1.44. The lowest BCUT2D eigenvalue weighted by Gasteiger charge is -2.19. The number of rotatable bonds is 7. The number of benzene rings is 3. The number of hydrogen-bond acceptors (Lipinski definition) is 5. The second-order valence-corrected chi connectivity index (χ2v) is 7.14. The molecule has 0 saturated carbocycles. The number of halogens is 2. The summed E-state index contributed by atoms with van der Waals surface area (Å²) in [7, 11) is 1.56. The molecule has 1 aliphatic rings. The predicted molar refractivity (Wildman–Crippen MR) is 113 cm³/mol. The molecule has 156 valence electrons. The molecule has 0 radical (unpaired) electrons. The maximum Gasteiger partial charge on any atom is 0.180 e. The van der Waals surface area contributed by atoms with Crippen molar-refractivity contribution in [2.24, 2.45) is 0 Å². The minimum atomic E-state index is -0.288. The molecule has 4 rings (SSSR count). The van der Waals surface area contributed by atoms with Gasteiger partial charge in [-0.15, -0.1) is 0 Å². The van der Waals surface area contributed by atoms with Crippen molar-refractivity contribution in [2.45, 2.75) is 13.2 Å². The van der Waals surface area contributed by atoms with Crippen LogP contribution < -0.4 is 24.3 Å². The van der Waals surface area contributed by atoms with E-state index in [1.54, 1.807) is 19.2 Å². The Kier molecular flexibility index (Phi) is 6.14. The lowest BCUT2D eigenvalue weighted by molar-refractivity contribution is 0.171. The van der Waals surface area contributed by atoms with Crippen molar-refractivity contribution in [2.75, 3.05) is 25.6 Å². The molecule has 0 aromatic heterocycles. The normalized spacial score (nSPS) is 12.4. The molecule has 0 fully saturated rings. The highest BCUT2D eigenvalue weighted by Crippen LogP contribution is 2.37. The average Bonchev–Trinajstić information content (AvgIpc) is 2.77. The van der Waals surface area contributed by atoms with Gasteiger partial charge >= 0.3 is 0 Å². The van der Waals surface area contributed by atoms with Crippen molar-refractivity contribution in [3.63, 3.8) is 0 Å². The molecule has 0 unspecified atom stereocenters. The molecule has 0 saturated heterocycles.